The number of alkyl halides is 3. The molecule has 2 aliphatic rings. The molecule has 1 saturated heterocycles. The number of benzene rings is 1. The number of carbonyl (C=O) groups is 3. The first-order chi connectivity index (χ1) is 18.2. The molecule has 1 aromatic carbocycles. The summed E-state index contributed by atoms with van der Waals surface area (Å²) in [4.78, 5) is 58.8. The van der Waals surface area contributed by atoms with Crippen LogP contribution in [0.15, 0.2) is 23.3 Å². The number of rotatable bonds is 3. The summed E-state index contributed by atoms with van der Waals surface area (Å²) in [5, 5.41) is 0.248. The maximum atomic E-state index is 13.6. The zero-order valence-corrected chi connectivity index (χ0v) is 21.9. The van der Waals surface area contributed by atoms with Gasteiger partial charge in [-0.05, 0) is 52.5 Å². The number of H-pyrrole nitrogens is 1. The van der Waals surface area contributed by atoms with Gasteiger partial charge in [0.1, 0.15) is 11.1 Å². The van der Waals surface area contributed by atoms with E-state index in [2.05, 4.69) is 9.97 Å². The molecule has 1 aliphatic heterocycles. The fourth-order valence-electron chi connectivity index (χ4n) is 5.00. The number of piperazine rings is 1. The van der Waals surface area contributed by atoms with Crippen LogP contribution >= 0.6 is 0 Å². The van der Waals surface area contributed by atoms with Crippen molar-refractivity contribution in [1.29, 1.82) is 0 Å². The number of hydrogen-bond acceptors (Lipinski definition) is 8. The van der Waals surface area contributed by atoms with Crippen LogP contribution in [0, 0.1) is 0 Å². The summed E-state index contributed by atoms with van der Waals surface area (Å²) in [6.45, 7) is 3.89. The molecule has 2 aromatic rings. The molecule has 0 radical (unpaired) electrons. The Morgan fingerprint density at radius 3 is 2.33 bits per heavy atom. The minimum Gasteiger partial charge on any atom is -0.493 e. The van der Waals surface area contributed by atoms with E-state index < -0.39 is 60.0 Å². The smallest absolute Gasteiger partial charge is 0.471 e. The van der Waals surface area contributed by atoms with Crippen LogP contribution < -0.4 is 15.0 Å². The highest BCUT2D eigenvalue weighted by Crippen LogP contribution is 2.42. The van der Waals surface area contributed by atoms with E-state index >= 15 is 0 Å². The SMILES string of the molecule is COc1cc2nc[nH]c(=O)c2cc1OC1CCC2(CC1)C(=O)N(C(=O)OC(C)(C)C)CCN2C(=O)C(F)(F)F. The molecule has 11 nitrogen and oxygen atoms in total. The third kappa shape index (κ3) is 5.50. The first-order valence-corrected chi connectivity index (χ1v) is 12.3. The molecule has 14 heteroatoms. The molecule has 39 heavy (non-hydrogen) atoms. The zero-order chi connectivity index (χ0) is 28.8. The number of ether oxygens (including phenoxy) is 3. The maximum absolute atomic E-state index is 13.6. The minimum absolute atomic E-state index is 0.0835. The van der Waals surface area contributed by atoms with E-state index in [1.165, 1.54) is 25.6 Å². The molecule has 4 rings (SSSR count). The maximum Gasteiger partial charge on any atom is 0.471 e. The normalized spacial score (nSPS) is 22.2. The largest absolute Gasteiger partial charge is 0.493 e. The van der Waals surface area contributed by atoms with Crippen LogP contribution in [-0.2, 0) is 14.3 Å². The quantitative estimate of drug-likeness (QED) is 0.612. The van der Waals surface area contributed by atoms with Gasteiger partial charge < -0.3 is 24.1 Å². The number of methoxy groups -OCH3 is 1. The zero-order valence-electron chi connectivity index (χ0n) is 21.9. The number of fused-ring (bicyclic) bond motifs is 1. The number of carbonyl (C=O) groups excluding carboxylic acids is 3. The minimum atomic E-state index is -5.20. The first kappa shape index (κ1) is 28.2. The van der Waals surface area contributed by atoms with Gasteiger partial charge in [0, 0.05) is 19.2 Å². The van der Waals surface area contributed by atoms with Crippen molar-refractivity contribution in [3.63, 3.8) is 0 Å². The molecule has 0 atom stereocenters. The molecule has 0 bridgehead atoms. The molecule has 2 heterocycles. The van der Waals surface area contributed by atoms with E-state index in [9.17, 15) is 32.3 Å². The van der Waals surface area contributed by atoms with Crippen molar-refractivity contribution in [1.82, 2.24) is 19.8 Å². The second-order valence-electron chi connectivity index (χ2n) is 10.5. The summed E-state index contributed by atoms with van der Waals surface area (Å²) < 4.78 is 57.2. The van der Waals surface area contributed by atoms with Gasteiger partial charge in [-0.2, -0.15) is 13.2 Å². The van der Waals surface area contributed by atoms with E-state index in [0.29, 0.717) is 16.2 Å². The topological polar surface area (TPSA) is 131 Å². The Morgan fingerprint density at radius 2 is 1.74 bits per heavy atom. The highest BCUT2D eigenvalue weighted by molar-refractivity contribution is 6.01. The average molecular weight is 555 g/mol. The summed E-state index contributed by atoms with van der Waals surface area (Å²) >= 11 is 0. The van der Waals surface area contributed by atoms with Gasteiger partial charge in [-0.3, -0.25) is 14.4 Å². The van der Waals surface area contributed by atoms with Gasteiger partial charge in [0.05, 0.1) is 30.4 Å². The van der Waals surface area contributed by atoms with Crippen LogP contribution in [-0.4, -0.2) is 81.3 Å². The molecule has 1 aliphatic carbocycles. The van der Waals surface area contributed by atoms with Crippen LogP contribution in [0.1, 0.15) is 46.5 Å². The Hall–Kier alpha value is -3.84. The predicted molar refractivity (Wildman–Crippen MR) is 130 cm³/mol. The monoisotopic (exact) mass is 554 g/mol. The van der Waals surface area contributed by atoms with Crippen molar-refractivity contribution in [2.45, 2.75) is 69.9 Å². The van der Waals surface area contributed by atoms with Crippen molar-refractivity contribution in [2.24, 2.45) is 0 Å². The van der Waals surface area contributed by atoms with Crippen LogP contribution in [0.2, 0.25) is 0 Å². The summed E-state index contributed by atoms with van der Waals surface area (Å²) in [5.41, 5.74) is -2.85. The standard InChI is InChI=1S/C25H29F3N4O7/c1-23(2,3)39-22(36)31-9-10-32(21(35)25(26,27)28)24(20(31)34)7-5-14(6-8-24)38-18-11-15-16(12-17(18)37-4)29-13-30-19(15)33/h11-14H,5-10H2,1-4H3,(H,29,30,33). The third-order valence-corrected chi connectivity index (χ3v) is 6.79. The molecule has 1 aromatic heterocycles. The number of aromatic nitrogens is 2. The van der Waals surface area contributed by atoms with Gasteiger partial charge in [-0.15, -0.1) is 0 Å². The van der Waals surface area contributed by atoms with Crippen molar-refractivity contribution in [3.05, 3.63) is 28.8 Å². The Kier molecular flexibility index (Phi) is 7.25. The van der Waals surface area contributed by atoms with Crippen molar-refractivity contribution >= 4 is 28.8 Å². The Morgan fingerprint density at radius 1 is 1.08 bits per heavy atom. The van der Waals surface area contributed by atoms with E-state index in [-0.39, 0.29) is 36.8 Å². The first-order valence-electron chi connectivity index (χ1n) is 12.3. The number of imide groups is 1. The molecule has 1 saturated carbocycles. The van der Waals surface area contributed by atoms with E-state index in [4.69, 9.17) is 14.2 Å². The van der Waals surface area contributed by atoms with Crippen molar-refractivity contribution in [2.75, 3.05) is 20.2 Å². The van der Waals surface area contributed by atoms with Gasteiger partial charge in [0.2, 0.25) is 0 Å². The Bertz CT molecular complexity index is 1340. The van der Waals surface area contributed by atoms with E-state index in [1.54, 1.807) is 20.8 Å². The van der Waals surface area contributed by atoms with Crippen molar-refractivity contribution in [3.8, 4) is 11.5 Å². The number of amides is 3. The second-order valence-corrected chi connectivity index (χ2v) is 10.5. The molecular weight excluding hydrogens is 525 g/mol. The summed E-state index contributed by atoms with van der Waals surface area (Å²) in [5.74, 6) is -2.54. The van der Waals surface area contributed by atoms with E-state index in [0.717, 1.165) is 4.90 Å². The summed E-state index contributed by atoms with van der Waals surface area (Å²) in [6.07, 6.45) is -5.71. The number of nitrogens with zero attached hydrogens (tertiary/aromatic N) is 3. The van der Waals surface area contributed by atoms with Crippen LogP contribution in [0.3, 0.4) is 0 Å². The lowest BCUT2D eigenvalue weighted by Gasteiger charge is -2.51. The highest BCUT2D eigenvalue weighted by atomic mass is 19.4. The Balaban J connectivity index is 1.60. The fraction of sp³-hybridized carbons (Fsp3) is 0.560. The lowest BCUT2D eigenvalue weighted by molar-refractivity contribution is -0.199. The lowest BCUT2D eigenvalue weighted by atomic mass is 9.76. The molecule has 0 unspecified atom stereocenters. The van der Waals surface area contributed by atoms with Crippen LogP contribution in [0.4, 0.5) is 18.0 Å². The molecule has 3 amide bonds. The third-order valence-electron chi connectivity index (χ3n) is 6.79. The molecule has 1 spiro atoms. The molecule has 2 fully saturated rings. The highest BCUT2D eigenvalue weighted by Gasteiger charge is 2.59. The summed E-state index contributed by atoms with van der Waals surface area (Å²) in [7, 11) is 1.41. The predicted octanol–water partition coefficient (Wildman–Crippen LogP) is 3.16. The number of nitrogens with one attached hydrogen (secondary N) is 1. The van der Waals surface area contributed by atoms with Crippen molar-refractivity contribution < 1.29 is 41.8 Å². The number of hydrogen-bond donors (Lipinski definition) is 1. The van der Waals surface area contributed by atoms with Gasteiger partial charge >= 0.3 is 18.2 Å². The van der Waals surface area contributed by atoms with Gasteiger partial charge in [-0.25, -0.2) is 14.7 Å². The van der Waals surface area contributed by atoms with Crippen LogP contribution in [0.25, 0.3) is 10.9 Å². The fourth-order valence-corrected chi connectivity index (χ4v) is 5.00. The van der Waals surface area contributed by atoms with Gasteiger partial charge in [0.15, 0.2) is 11.5 Å². The summed E-state index contributed by atoms with van der Waals surface area (Å²) in [6, 6.07) is 2.98. The number of halogens is 3. The van der Waals surface area contributed by atoms with Crippen LogP contribution in [0.5, 0.6) is 11.5 Å². The average Bonchev–Trinajstić information content (AvgIpc) is 2.85. The molecule has 1 N–H and O–H groups in total. The van der Waals surface area contributed by atoms with Gasteiger partial charge in [0.25, 0.3) is 11.5 Å². The Labute approximate surface area is 221 Å². The molecular formula is C25H29F3N4O7. The van der Waals surface area contributed by atoms with Gasteiger partial charge in [-0.1, -0.05) is 0 Å². The lowest BCUT2D eigenvalue weighted by Crippen LogP contribution is -2.71. The van der Waals surface area contributed by atoms with E-state index in [1.807, 2.05) is 0 Å². The second kappa shape index (κ2) is 10.0. The number of aromatic amines is 1. The molecule has 212 valence electrons.